The quantitative estimate of drug-likeness (QED) is 0.754. The van der Waals surface area contributed by atoms with Crippen molar-refractivity contribution in [3.63, 3.8) is 0 Å². The van der Waals surface area contributed by atoms with E-state index in [-0.39, 0.29) is 29.9 Å². The first-order valence-electron chi connectivity index (χ1n) is 9.55. The fourth-order valence-corrected chi connectivity index (χ4v) is 4.35. The van der Waals surface area contributed by atoms with Crippen molar-refractivity contribution in [3.05, 3.63) is 35.0 Å². The van der Waals surface area contributed by atoms with Crippen LogP contribution in [-0.4, -0.2) is 52.0 Å². The second kappa shape index (κ2) is 7.52. The molecule has 2 heterocycles. The molecule has 4 rings (SSSR count). The lowest BCUT2D eigenvalue weighted by Crippen LogP contribution is -2.42. The van der Waals surface area contributed by atoms with Crippen LogP contribution in [0, 0.1) is 5.92 Å². The van der Waals surface area contributed by atoms with Gasteiger partial charge in [-0.25, -0.2) is 0 Å². The van der Waals surface area contributed by atoms with Crippen molar-refractivity contribution in [2.24, 2.45) is 5.92 Å². The van der Waals surface area contributed by atoms with Crippen LogP contribution in [0.3, 0.4) is 0 Å². The molecule has 2 aromatic rings. The van der Waals surface area contributed by atoms with Crippen molar-refractivity contribution in [1.29, 1.82) is 0 Å². The van der Waals surface area contributed by atoms with Gasteiger partial charge in [-0.2, -0.15) is 0 Å². The van der Waals surface area contributed by atoms with Gasteiger partial charge in [-0.1, -0.05) is 11.6 Å². The zero-order chi connectivity index (χ0) is 19.0. The second-order valence-corrected chi connectivity index (χ2v) is 8.10. The highest BCUT2D eigenvalue weighted by atomic mass is 35.5. The van der Waals surface area contributed by atoms with Gasteiger partial charge in [0.05, 0.1) is 6.10 Å². The van der Waals surface area contributed by atoms with Gasteiger partial charge in [0.2, 0.25) is 5.91 Å². The molecule has 3 N–H and O–H groups in total. The number of hydrogen-bond acceptors (Lipinski definition) is 3. The summed E-state index contributed by atoms with van der Waals surface area (Å²) < 4.78 is 0. The number of aliphatic hydroxyl groups excluding tert-OH is 1. The van der Waals surface area contributed by atoms with E-state index in [2.05, 4.69) is 10.3 Å². The van der Waals surface area contributed by atoms with Crippen LogP contribution >= 0.6 is 11.6 Å². The molecule has 1 aromatic heterocycles. The van der Waals surface area contributed by atoms with Gasteiger partial charge in [0, 0.05) is 41.0 Å². The number of likely N-dealkylation sites (tertiary alicyclic amines) is 1. The number of hydrogen-bond donors (Lipinski definition) is 3. The molecule has 1 aliphatic carbocycles. The Bertz CT molecular complexity index is 857. The fraction of sp³-hybridized carbons (Fsp3) is 0.500. The summed E-state index contributed by atoms with van der Waals surface area (Å²) in [4.78, 5) is 30.0. The lowest BCUT2D eigenvalue weighted by molar-refractivity contribution is -0.135. The van der Waals surface area contributed by atoms with E-state index in [1.807, 2.05) is 18.2 Å². The van der Waals surface area contributed by atoms with Crippen molar-refractivity contribution in [3.8, 4) is 0 Å². The summed E-state index contributed by atoms with van der Waals surface area (Å²) in [6, 6.07) is 7.38. The maximum Gasteiger partial charge on any atom is 0.267 e. The largest absolute Gasteiger partial charge is 0.391 e. The maximum absolute atomic E-state index is 12.5. The van der Waals surface area contributed by atoms with Crippen LogP contribution in [0.5, 0.6) is 0 Å². The molecule has 0 radical (unpaired) electrons. The number of nitrogens with zero attached hydrogens (tertiary/aromatic N) is 1. The summed E-state index contributed by atoms with van der Waals surface area (Å²) in [6.07, 6.45) is 3.44. The van der Waals surface area contributed by atoms with Gasteiger partial charge in [0.15, 0.2) is 0 Å². The first kappa shape index (κ1) is 18.3. The van der Waals surface area contributed by atoms with E-state index >= 15 is 0 Å². The summed E-state index contributed by atoms with van der Waals surface area (Å²) in [7, 11) is 0. The number of fused-ring (bicyclic) bond motifs is 1. The first-order chi connectivity index (χ1) is 13.0. The van der Waals surface area contributed by atoms with Crippen molar-refractivity contribution in [1.82, 2.24) is 15.2 Å². The Balaban J connectivity index is 1.31. The molecule has 1 saturated heterocycles. The Morgan fingerprint density at radius 2 is 1.93 bits per heavy atom. The van der Waals surface area contributed by atoms with E-state index in [0.29, 0.717) is 30.2 Å². The normalized spacial score (nSPS) is 25.7. The molecule has 1 atom stereocenters. The Morgan fingerprint density at radius 3 is 2.63 bits per heavy atom. The fourth-order valence-electron chi connectivity index (χ4n) is 4.17. The van der Waals surface area contributed by atoms with Gasteiger partial charge in [-0.05, 0) is 56.4 Å². The molecule has 1 saturated carbocycles. The lowest BCUT2D eigenvalue weighted by Gasteiger charge is -2.30. The summed E-state index contributed by atoms with van der Waals surface area (Å²) in [6.45, 7) is 1.11. The van der Waals surface area contributed by atoms with Crippen LogP contribution in [0.25, 0.3) is 10.9 Å². The number of rotatable bonds is 3. The van der Waals surface area contributed by atoms with Crippen LogP contribution in [0.1, 0.15) is 42.6 Å². The molecular weight excluding hydrogens is 366 g/mol. The highest BCUT2D eigenvalue weighted by Crippen LogP contribution is 2.28. The molecule has 1 aliphatic heterocycles. The van der Waals surface area contributed by atoms with E-state index < -0.39 is 0 Å². The van der Waals surface area contributed by atoms with E-state index in [4.69, 9.17) is 11.6 Å². The first-order valence-corrected chi connectivity index (χ1v) is 9.93. The average Bonchev–Trinajstić information content (AvgIpc) is 3.27. The number of nitrogens with one attached hydrogen (secondary N) is 2. The smallest absolute Gasteiger partial charge is 0.267 e. The Hall–Kier alpha value is -2.05. The summed E-state index contributed by atoms with van der Waals surface area (Å²) in [5, 5.41) is 14.2. The van der Waals surface area contributed by atoms with Crippen LogP contribution in [-0.2, 0) is 4.79 Å². The predicted molar refractivity (Wildman–Crippen MR) is 104 cm³/mol. The number of halogens is 1. The highest BCUT2D eigenvalue weighted by molar-refractivity contribution is 6.31. The van der Waals surface area contributed by atoms with Crippen molar-refractivity contribution >= 4 is 34.3 Å². The zero-order valence-electron chi connectivity index (χ0n) is 15.1. The Kier molecular flexibility index (Phi) is 5.10. The van der Waals surface area contributed by atoms with Gasteiger partial charge in [0.25, 0.3) is 5.91 Å². The van der Waals surface area contributed by atoms with Crippen LogP contribution < -0.4 is 5.32 Å². The third-order valence-corrected chi connectivity index (χ3v) is 5.95. The summed E-state index contributed by atoms with van der Waals surface area (Å²) >= 11 is 6.00. The molecule has 7 heteroatoms. The third kappa shape index (κ3) is 3.96. The molecule has 1 aromatic carbocycles. The molecule has 144 valence electrons. The number of H-pyrrole nitrogens is 1. The number of amides is 2. The van der Waals surface area contributed by atoms with E-state index in [9.17, 15) is 14.7 Å². The average molecular weight is 390 g/mol. The number of carbonyl (C=O) groups is 2. The molecule has 2 fully saturated rings. The minimum Gasteiger partial charge on any atom is -0.391 e. The summed E-state index contributed by atoms with van der Waals surface area (Å²) in [5.41, 5.74) is 1.41. The number of benzene rings is 1. The monoisotopic (exact) mass is 389 g/mol. The predicted octanol–water partition coefficient (Wildman–Crippen LogP) is 2.70. The minimum absolute atomic E-state index is 0.0127. The lowest BCUT2D eigenvalue weighted by atomic mass is 9.85. The molecular formula is C20H24ClN3O3. The van der Waals surface area contributed by atoms with Crippen molar-refractivity contribution in [2.75, 3.05) is 13.1 Å². The molecule has 0 bridgehead atoms. The topological polar surface area (TPSA) is 85.4 Å². The molecule has 6 nitrogen and oxygen atoms in total. The Labute approximate surface area is 162 Å². The molecule has 0 unspecified atom stereocenters. The number of aromatic nitrogens is 1. The molecule has 0 spiro atoms. The highest BCUT2D eigenvalue weighted by Gasteiger charge is 2.33. The van der Waals surface area contributed by atoms with Gasteiger partial charge in [-0.15, -0.1) is 0 Å². The molecule has 2 aliphatic rings. The SMILES string of the molecule is O=C(NC1CCC(C(=O)N2CC[C@H](O)C2)CC1)c1cc2cc(Cl)ccc2[nH]1. The number of carbonyl (C=O) groups excluding carboxylic acids is 2. The van der Waals surface area contributed by atoms with Crippen molar-refractivity contribution in [2.45, 2.75) is 44.2 Å². The van der Waals surface area contributed by atoms with E-state index in [1.165, 1.54) is 0 Å². The van der Waals surface area contributed by atoms with Crippen LogP contribution in [0.2, 0.25) is 5.02 Å². The Morgan fingerprint density at radius 1 is 1.15 bits per heavy atom. The number of aromatic amines is 1. The van der Waals surface area contributed by atoms with Gasteiger partial charge in [0.1, 0.15) is 5.69 Å². The van der Waals surface area contributed by atoms with Gasteiger partial charge in [-0.3, -0.25) is 9.59 Å². The zero-order valence-corrected chi connectivity index (χ0v) is 15.8. The van der Waals surface area contributed by atoms with Crippen LogP contribution in [0.4, 0.5) is 0 Å². The van der Waals surface area contributed by atoms with E-state index in [0.717, 1.165) is 36.6 Å². The minimum atomic E-state index is -0.379. The standard InChI is InChI=1S/C20H24ClN3O3/c21-14-3-6-17-13(9-14)10-18(23-17)19(26)22-15-4-1-12(2-5-15)20(27)24-8-7-16(25)11-24/h3,6,9-10,12,15-16,23,25H,1-2,4-5,7-8,11H2,(H,22,26)/t12?,15?,16-/m0/s1. The van der Waals surface area contributed by atoms with Gasteiger partial charge < -0.3 is 20.3 Å². The molecule has 2 amide bonds. The van der Waals surface area contributed by atoms with E-state index in [1.54, 1.807) is 11.0 Å². The molecule has 27 heavy (non-hydrogen) atoms. The van der Waals surface area contributed by atoms with Crippen molar-refractivity contribution < 1.29 is 14.7 Å². The van der Waals surface area contributed by atoms with Crippen LogP contribution in [0.15, 0.2) is 24.3 Å². The summed E-state index contributed by atoms with van der Waals surface area (Å²) in [5.74, 6) is 0.0438. The number of aliphatic hydroxyl groups is 1. The second-order valence-electron chi connectivity index (χ2n) is 7.66. The maximum atomic E-state index is 12.5. The number of β-amino-alcohol motifs (C(OH)–C–C–N with tert-alkyl or cyclic N) is 1. The third-order valence-electron chi connectivity index (χ3n) is 5.71. The van der Waals surface area contributed by atoms with Gasteiger partial charge >= 0.3 is 0 Å².